The number of benzene rings is 2. The van der Waals surface area contributed by atoms with Gasteiger partial charge >= 0.3 is 12.1 Å². The number of halogens is 5. The zero-order valence-electron chi connectivity index (χ0n) is 18.1. The van der Waals surface area contributed by atoms with E-state index in [1.165, 1.54) is 12.1 Å². The van der Waals surface area contributed by atoms with Gasteiger partial charge in [-0.1, -0.05) is 34.4 Å². The standard InChI is InChI=1S/C23H19Cl2F3N2O3/c1-12-7-13(5-6-15(12)20(31)32-21(2,3)4)19-10-22(33-30-19,23(26,27)28)14-8-17(24)16(11-29)18(25)9-14/h5-9H,10H2,1-4H3. The number of nitriles is 1. The monoisotopic (exact) mass is 498 g/mol. The Hall–Kier alpha value is -2.76. The maximum absolute atomic E-state index is 14.2. The molecular weight excluding hydrogens is 480 g/mol. The summed E-state index contributed by atoms with van der Waals surface area (Å²) >= 11 is 12.0. The first kappa shape index (κ1) is 24.9. The van der Waals surface area contributed by atoms with Crippen LogP contribution in [0.4, 0.5) is 13.2 Å². The molecule has 10 heteroatoms. The van der Waals surface area contributed by atoms with Gasteiger partial charge in [0.05, 0.1) is 26.9 Å². The van der Waals surface area contributed by atoms with Crippen LogP contribution in [-0.2, 0) is 15.2 Å². The summed E-state index contributed by atoms with van der Waals surface area (Å²) < 4.78 is 48.1. The van der Waals surface area contributed by atoms with Gasteiger partial charge in [-0.15, -0.1) is 0 Å². The quantitative estimate of drug-likeness (QED) is 0.440. The van der Waals surface area contributed by atoms with Crippen molar-refractivity contribution in [3.8, 4) is 6.07 Å². The van der Waals surface area contributed by atoms with Crippen LogP contribution in [-0.4, -0.2) is 23.5 Å². The Morgan fingerprint density at radius 3 is 2.27 bits per heavy atom. The first-order valence-electron chi connectivity index (χ1n) is 9.74. The van der Waals surface area contributed by atoms with Crippen molar-refractivity contribution in [3.05, 3.63) is 68.2 Å². The van der Waals surface area contributed by atoms with Crippen LogP contribution in [0.1, 0.15) is 59.8 Å². The van der Waals surface area contributed by atoms with Gasteiger partial charge in [0.15, 0.2) is 0 Å². The van der Waals surface area contributed by atoms with Crippen LogP contribution in [0.25, 0.3) is 0 Å². The minimum absolute atomic E-state index is 0.0303. The van der Waals surface area contributed by atoms with E-state index in [1.807, 2.05) is 0 Å². The number of hydrogen-bond acceptors (Lipinski definition) is 5. The average molecular weight is 499 g/mol. The number of nitrogens with zero attached hydrogens (tertiary/aromatic N) is 2. The Balaban J connectivity index is 1.97. The molecule has 1 atom stereocenters. The highest BCUT2D eigenvalue weighted by Crippen LogP contribution is 2.50. The highest BCUT2D eigenvalue weighted by molar-refractivity contribution is 6.36. The van der Waals surface area contributed by atoms with Gasteiger partial charge in [-0.25, -0.2) is 4.79 Å². The van der Waals surface area contributed by atoms with Gasteiger partial charge in [0.25, 0.3) is 5.60 Å². The van der Waals surface area contributed by atoms with Crippen LogP contribution in [0.2, 0.25) is 10.0 Å². The SMILES string of the molecule is Cc1cc(C2=NOC(c3cc(Cl)c(C#N)c(Cl)c3)(C(F)(F)F)C2)ccc1C(=O)OC(C)(C)C. The van der Waals surface area contributed by atoms with Gasteiger partial charge in [0.2, 0.25) is 0 Å². The molecule has 0 N–H and O–H groups in total. The second-order valence-electron chi connectivity index (χ2n) is 8.59. The van der Waals surface area contributed by atoms with Crippen LogP contribution < -0.4 is 0 Å². The number of ether oxygens (including phenoxy) is 1. The van der Waals surface area contributed by atoms with Gasteiger partial charge in [0.1, 0.15) is 11.7 Å². The first-order valence-corrected chi connectivity index (χ1v) is 10.5. The van der Waals surface area contributed by atoms with Crippen LogP contribution in [0, 0.1) is 18.3 Å². The molecule has 0 saturated carbocycles. The lowest BCUT2D eigenvalue weighted by Crippen LogP contribution is -2.42. The van der Waals surface area contributed by atoms with E-state index < -0.39 is 29.8 Å². The zero-order chi connectivity index (χ0) is 24.8. The summed E-state index contributed by atoms with van der Waals surface area (Å²) in [5.74, 6) is -0.539. The highest BCUT2D eigenvalue weighted by atomic mass is 35.5. The molecule has 3 rings (SSSR count). The predicted molar refractivity (Wildman–Crippen MR) is 117 cm³/mol. The summed E-state index contributed by atoms with van der Waals surface area (Å²) in [6.07, 6.45) is -5.52. The topological polar surface area (TPSA) is 71.7 Å². The third-order valence-corrected chi connectivity index (χ3v) is 5.58. The Morgan fingerprint density at radius 1 is 1.18 bits per heavy atom. The summed E-state index contributed by atoms with van der Waals surface area (Å²) in [5.41, 5.74) is -2.83. The molecule has 1 unspecified atom stereocenters. The number of esters is 1. The predicted octanol–water partition coefficient (Wildman–Crippen LogP) is 6.71. The highest BCUT2D eigenvalue weighted by Gasteiger charge is 2.62. The van der Waals surface area contributed by atoms with Crippen LogP contribution in [0.15, 0.2) is 35.5 Å². The lowest BCUT2D eigenvalue weighted by atomic mass is 9.85. The summed E-state index contributed by atoms with van der Waals surface area (Å²) in [7, 11) is 0. The Labute approximate surface area is 198 Å². The fraction of sp³-hybridized carbons (Fsp3) is 0.348. The van der Waals surface area contributed by atoms with E-state index in [2.05, 4.69) is 5.16 Å². The Kier molecular flexibility index (Phi) is 6.44. The molecule has 33 heavy (non-hydrogen) atoms. The molecule has 0 spiro atoms. The van der Waals surface area contributed by atoms with E-state index in [0.29, 0.717) is 16.7 Å². The molecule has 0 bridgehead atoms. The van der Waals surface area contributed by atoms with Crippen molar-refractivity contribution in [1.29, 1.82) is 5.26 Å². The number of oxime groups is 1. The number of rotatable bonds is 3. The van der Waals surface area contributed by atoms with E-state index in [1.54, 1.807) is 39.8 Å². The minimum Gasteiger partial charge on any atom is -0.456 e. The summed E-state index contributed by atoms with van der Waals surface area (Å²) in [5, 5.41) is 12.4. The van der Waals surface area contributed by atoms with Gasteiger partial charge in [-0.3, -0.25) is 0 Å². The smallest absolute Gasteiger partial charge is 0.435 e. The van der Waals surface area contributed by atoms with Crippen LogP contribution in [0.5, 0.6) is 0 Å². The molecule has 1 aliphatic rings. The minimum atomic E-state index is -4.87. The first-order chi connectivity index (χ1) is 15.2. The van der Waals surface area contributed by atoms with E-state index in [0.717, 1.165) is 12.1 Å². The molecule has 0 aliphatic carbocycles. The van der Waals surface area contributed by atoms with Crippen LogP contribution in [0.3, 0.4) is 0 Å². The van der Waals surface area contributed by atoms with Crippen molar-refractivity contribution < 1.29 is 27.5 Å². The van der Waals surface area contributed by atoms with Gasteiger partial charge < -0.3 is 9.57 Å². The molecular formula is C23H19Cl2F3N2O3. The Morgan fingerprint density at radius 2 is 1.79 bits per heavy atom. The molecule has 1 aliphatic heterocycles. The third-order valence-electron chi connectivity index (χ3n) is 4.98. The molecule has 5 nitrogen and oxygen atoms in total. The largest absolute Gasteiger partial charge is 0.456 e. The lowest BCUT2D eigenvalue weighted by molar-refractivity contribution is -0.275. The maximum atomic E-state index is 14.2. The molecule has 174 valence electrons. The normalized spacial score (nSPS) is 18.4. The maximum Gasteiger partial charge on any atom is 0.435 e. The fourth-order valence-electron chi connectivity index (χ4n) is 3.38. The van der Waals surface area contributed by atoms with E-state index in [4.69, 9.17) is 38.0 Å². The molecule has 2 aromatic carbocycles. The molecule has 2 aromatic rings. The molecule has 0 amide bonds. The number of alkyl halides is 3. The molecule has 0 radical (unpaired) electrons. The van der Waals surface area contributed by atoms with Crippen molar-refractivity contribution in [2.45, 2.75) is 51.5 Å². The van der Waals surface area contributed by atoms with Crippen molar-refractivity contribution in [1.82, 2.24) is 0 Å². The van der Waals surface area contributed by atoms with E-state index >= 15 is 0 Å². The summed E-state index contributed by atoms with van der Waals surface area (Å²) in [6, 6.07) is 8.28. The number of carbonyl (C=O) groups excluding carboxylic acids is 1. The second kappa shape index (κ2) is 8.54. The summed E-state index contributed by atoms with van der Waals surface area (Å²) in [6.45, 7) is 6.85. The van der Waals surface area contributed by atoms with Crippen molar-refractivity contribution >= 4 is 34.9 Å². The van der Waals surface area contributed by atoms with Crippen LogP contribution >= 0.6 is 23.2 Å². The van der Waals surface area contributed by atoms with E-state index in [-0.39, 0.29) is 26.9 Å². The molecule has 0 fully saturated rings. The lowest BCUT2D eigenvalue weighted by Gasteiger charge is -2.30. The average Bonchev–Trinajstić information content (AvgIpc) is 3.13. The molecule has 0 saturated heterocycles. The number of hydrogen-bond donors (Lipinski definition) is 0. The molecule has 0 aromatic heterocycles. The van der Waals surface area contributed by atoms with Gasteiger partial charge in [-0.2, -0.15) is 18.4 Å². The van der Waals surface area contributed by atoms with E-state index in [9.17, 15) is 18.0 Å². The molecule has 1 heterocycles. The van der Waals surface area contributed by atoms with Crippen molar-refractivity contribution in [3.63, 3.8) is 0 Å². The Bertz CT molecular complexity index is 1170. The summed E-state index contributed by atoms with van der Waals surface area (Å²) in [4.78, 5) is 17.4. The van der Waals surface area contributed by atoms with Crippen molar-refractivity contribution in [2.24, 2.45) is 5.16 Å². The zero-order valence-corrected chi connectivity index (χ0v) is 19.6. The van der Waals surface area contributed by atoms with Gasteiger partial charge in [0, 0.05) is 12.0 Å². The second-order valence-corrected chi connectivity index (χ2v) is 9.40. The fourth-order valence-corrected chi connectivity index (χ4v) is 3.95. The van der Waals surface area contributed by atoms with Gasteiger partial charge in [-0.05, 0) is 63.1 Å². The number of aryl methyl sites for hydroxylation is 1. The van der Waals surface area contributed by atoms with Crippen molar-refractivity contribution in [2.75, 3.05) is 0 Å². The third kappa shape index (κ3) is 4.80. The number of carbonyl (C=O) groups is 1.